The molecule has 2 amide bonds. The SMILES string of the molecule is COc1ccc(C)c(C(=O)NC2CCC3(CC2)CN(C(=O)c2ccc4ccccc4c2Br)C3)c1. The van der Waals surface area contributed by atoms with Gasteiger partial charge in [-0.2, -0.15) is 0 Å². The van der Waals surface area contributed by atoms with Crippen molar-refractivity contribution in [1.29, 1.82) is 0 Å². The maximum absolute atomic E-state index is 13.2. The van der Waals surface area contributed by atoms with E-state index in [0.717, 1.165) is 65.1 Å². The molecule has 3 aromatic carbocycles. The van der Waals surface area contributed by atoms with Crippen LogP contribution in [0.2, 0.25) is 0 Å². The second-order valence-electron chi connectivity index (χ2n) is 9.74. The second kappa shape index (κ2) is 9.06. The number of halogens is 1. The summed E-state index contributed by atoms with van der Waals surface area (Å²) in [5.41, 5.74) is 2.52. The Kier molecular flexibility index (Phi) is 6.11. The van der Waals surface area contributed by atoms with Crippen LogP contribution in [0.4, 0.5) is 0 Å². The Morgan fingerprint density at radius 3 is 2.50 bits per heavy atom. The smallest absolute Gasteiger partial charge is 0.255 e. The van der Waals surface area contributed by atoms with Crippen LogP contribution in [0, 0.1) is 12.3 Å². The number of carbonyl (C=O) groups excluding carboxylic acids is 2. The van der Waals surface area contributed by atoms with Crippen LogP contribution in [0.5, 0.6) is 5.75 Å². The Morgan fingerprint density at radius 2 is 1.76 bits per heavy atom. The van der Waals surface area contributed by atoms with Crippen LogP contribution in [0.15, 0.2) is 59.1 Å². The highest BCUT2D eigenvalue weighted by molar-refractivity contribution is 9.10. The molecule has 1 aliphatic heterocycles. The minimum atomic E-state index is -0.0380. The third kappa shape index (κ3) is 4.20. The maximum atomic E-state index is 13.2. The number of methoxy groups -OCH3 is 1. The normalized spacial score (nSPS) is 17.4. The standard InChI is InChI=1S/C28H29BrN2O3/c1-18-7-9-21(34-2)15-24(18)26(32)30-20-11-13-28(14-12-20)16-31(17-28)27(33)23-10-8-19-5-3-4-6-22(19)25(23)29/h3-10,15,20H,11-14,16-17H2,1-2H3,(H,30,32). The minimum Gasteiger partial charge on any atom is -0.497 e. The molecule has 5 nitrogen and oxygen atoms in total. The zero-order valence-corrected chi connectivity index (χ0v) is 21.2. The van der Waals surface area contributed by atoms with E-state index in [-0.39, 0.29) is 23.3 Å². The number of fused-ring (bicyclic) bond motifs is 1. The summed E-state index contributed by atoms with van der Waals surface area (Å²) in [6.07, 6.45) is 3.93. The number of rotatable bonds is 4. The topological polar surface area (TPSA) is 58.6 Å². The number of likely N-dealkylation sites (tertiary alicyclic amines) is 1. The van der Waals surface area contributed by atoms with Crippen molar-refractivity contribution >= 4 is 38.5 Å². The Labute approximate surface area is 208 Å². The molecule has 1 spiro atoms. The lowest BCUT2D eigenvalue weighted by atomic mass is 9.67. The predicted molar refractivity (Wildman–Crippen MR) is 137 cm³/mol. The molecule has 6 heteroatoms. The lowest BCUT2D eigenvalue weighted by Gasteiger charge is -2.53. The van der Waals surface area contributed by atoms with Crippen molar-refractivity contribution in [2.24, 2.45) is 5.41 Å². The summed E-state index contributed by atoms with van der Waals surface area (Å²) < 4.78 is 6.15. The zero-order valence-electron chi connectivity index (χ0n) is 19.6. The van der Waals surface area contributed by atoms with Crippen molar-refractivity contribution in [2.75, 3.05) is 20.2 Å². The number of carbonyl (C=O) groups is 2. The van der Waals surface area contributed by atoms with E-state index < -0.39 is 0 Å². The van der Waals surface area contributed by atoms with E-state index in [0.29, 0.717) is 11.3 Å². The number of benzene rings is 3. The van der Waals surface area contributed by atoms with Gasteiger partial charge in [-0.25, -0.2) is 0 Å². The molecule has 1 saturated carbocycles. The fraction of sp³-hybridized carbons (Fsp3) is 0.357. The Bertz CT molecular complexity index is 1260. The Hall–Kier alpha value is -2.86. The quantitative estimate of drug-likeness (QED) is 0.477. The average Bonchev–Trinajstić information content (AvgIpc) is 2.83. The molecule has 1 aliphatic carbocycles. The fourth-order valence-electron chi connectivity index (χ4n) is 5.40. The molecule has 2 fully saturated rings. The molecule has 3 aromatic rings. The molecule has 0 bridgehead atoms. The molecule has 176 valence electrons. The first-order valence-corrected chi connectivity index (χ1v) is 12.6. The van der Waals surface area contributed by atoms with E-state index in [1.807, 2.05) is 54.3 Å². The molecular weight excluding hydrogens is 492 g/mol. The van der Waals surface area contributed by atoms with Crippen LogP contribution >= 0.6 is 15.9 Å². The van der Waals surface area contributed by atoms with Crippen LogP contribution in [0.25, 0.3) is 10.8 Å². The van der Waals surface area contributed by atoms with Gasteiger partial charge in [0.2, 0.25) is 0 Å². The van der Waals surface area contributed by atoms with E-state index in [1.165, 1.54) is 0 Å². The van der Waals surface area contributed by atoms with Crippen molar-refractivity contribution in [2.45, 2.75) is 38.6 Å². The van der Waals surface area contributed by atoms with Gasteiger partial charge >= 0.3 is 0 Å². The van der Waals surface area contributed by atoms with Crippen molar-refractivity contribution < 1.29 is 14.3 Å². The first-order chi connectivity index (χ1) is 16.4. The lowest BCUT2D eigenvalue weighted by Crippen LogP contribution is -2.60. The second-order valence-corrected chi connectivity index (χ2v) is 10.5. The van der Waals surface area contributed by atoms with Crippen LogP contribution < -0.4 is 10.1 Å². The summed E-state index contributed by atoms with van der Waals surface area (Å²) >= 11 is 3.66. The van der Waals surface area contributed by atoms with Crippen LogP contribution in [0.1, 0.15) is 52.0 Å². The molecule has 34 heavy (non-hydrogen) atoms. The summed E-state index contributed by atoms with van der Waals surface area (Å²) in [6, 6.07) is 17.8. The highest BCUT2D eigenvalue weighted by atomic mass is 79.9. The van der Waals surface area contributed by atoms with Gasteiger partial charge in [0.1, 0.15) is 5.75 Å². The van der Waals surface area contributed by atoms with Crippen molar-refractivity contribution in [3.8, 4) is 5.75 Å². The summed E-state index contributed by atoms with van der Waals surface area (Å²) in [5.74, 6) is 0.742. The summed E-state index contributed by atoms with van der Waals surface area (Å²) in [7, 11) is 1.61. The number of nitrogens with one attached hydrogen (secondary N) is 1. The monoisotopic (exact) mass is 520 g/mol. The zero-order chi connectivity index (χ0) is 23.9. The highest BCUT2D eigenvalue weighted by Gasteiger charge is 2.47. The average molecular weight is 521 g/mol. The molecule has 0 unspecified atom stereocenters. The van der Waals surface area contributed by atoms with Crippen molar-refractivity contribution in [3.63, 3.8) is 0 Å². The number of ether oxygens (including phenoxy) is 1. The first-order valence-electron chi connectivity index (χ1n) is 11.8. The molecule has 1 saturated heterocycles. The maximum Gasteiger partial charge on any atom is 0.255 e. The van der Waals surface area contributed by atoms with Crippen LogP contribution in [0.3, 0.4) is 0 Å². The van der Waals surface area contributed by atoms with Gasteiger partial charge in [0, 0.05) is 34.6 Å². The summed E-state index contributed by atoms with van der Waals surface area (Å²) in [5, 5.41) is 5.40. The van der Waals surface area contributed by atoms with Crippen molar-refractivity contribution in [1.82, 2.24) is 10.2 Å². The summed E-state index contributed by atoms with van der Waals surface area (Å²) in [4.78, 5) is 28.0. The highest BCUT2D eigenvalue weighted by Crippen LogP contribution is 2.45. The van der Waals surface area contributed by atoms with Crippen LogP contribution in [-0.4, -0.2) is 43.0 Å². The lowest BCUT2D eigenvalue weighted by molar-refractivity contribution is -0.0199. The van der Waals surface area contributed by atoms with Crippen LogP contribution in [-0.2, 0) is 0 Å². The molecular formula is C28H29BrN2O3. The van der Waals surface area contributed by atoms with Gasteiger partial charge in [-0.3, -0.25) is 9.59 Å². The number of amides is 2. The minimum absolute atomic E-state index is 0.0380. The third-order valence-corrected chi connectivity index (χ3v) is 8.36. The molecule has 1 heterocycles. The number of hydrogen-bond donors (Lipinski definition) is 1. The van der Waals surface area contributed by atoms with Gasteiger partial charge in [0.05, 0.1) is 12.7 Å². The van der Waals surface area contributed by atoms with E-state index in [1.54, 1.807) is 13.2 Å². The number of nitrogens with zero attached hydrogens (tertiary/aromatic N) is 1. The van der Waals surface area contributed by atoms with Gasteiger partial charge in [0.15, 0.2) is 0 Å². The molecule has 0 radical (unpaired) electrons. The van der Waals surface area contributed by atoms with Crippen molar-refractivity contribution in [3.05, 3.63) is 75.8 Å². The van der Waals surface area contributed by atoms with E-state index in [2.05, 4.69) is 27.3 Å². The van der Waals surface area contributed by atoms with Gasteiger partial charge in [-0.05, 0) is 83.1 Å². The van der Waals surface area contributed by atoms with E-state index in [9.17, 15) is 9.59 Å². The predicted octanol–water partition coefficient (Wildman–Crippen LogP) is 5.73. The fourth-order valence-corrected chi connectivity index (χ4v) is 6.07. The van der Waals surface area contributed by atoms with E-state index in [4.69, 9.17) is 4.74 Å². The molecule has 5 rings (SSSR count). The largest absolute Gasteiger partial charge is 0.497 e. The first kappa shape index (κ1) is 22.9. The third-order valence-electron chi connectivity index (χ3n) is 7.50. The Balaban J connectivity index is 1.18. The van der Waals surface area contributed by atoms with E-state index >= 15 is 0 Å². The van der Waals surface area contributed by atoms with Gasteiger partial charge in [-0.1, -0.05) is 36.4 Å². The number of aryl methyl sites for hydroxylation is 1. The van der Waals surface area contributed by atoms with Gasteiger partial charge in [0.25, 0.3) is 11.8 Å². The Morgan fingerprint density at radius 1 is 1.03 bits per heavy atom. The summed E-state index contributed by atoms with van der Waals surface area (Å²) in [6.45, 7) is 3.53. The molecule has 0 aromatic heterocycles. The number of hydrogen-bond acceptors (Lipinski definition) is 3. The van der Waals surface area contributed by atoms with Gasteiger partial charge < -0.3 is 15.0 Å². The van der Waals surface area contributed by atoms with Gasteiger partial charge in [-0.15, -0.1) is 0 Å². The molecule has 1 N–H and O–H groups in total. The molecule has 0 atom stereocenters. The molecule has 2 aliphatic rings.